The molecule has 2 heteroatoms. The molecule has 1 saturated heterocycles. The van der Waals surface area contributed by atoms with Crippen molar-refractivity contribution in [3.63, 3.8) is 0 Å². The highest BCUT2D eigenvalue weighted by atomic mass is 15.2. The molecule has 0 aromatic carbocycles. The average Bonchev–Trinajstić information content (AvgIpc) is 3.16. The van der Waals surface area contributed by atoms with Crippen molar-refractivity contribution in [2.75, 3.05) is 33.2 Å². The van der Waals surface area contributed by atoms with Gasteiger partial charge in [-0.25, -0.2) is 0 Å². The summed E-state index contributed by atoms with van der Waals surface area (Å²) in [5, 5.41) is 3.27. The van der Waals surface area contributed by atoms with E-state index in [0.717, 1.165) is 13.1 Å². The molecule has 0 aromatic rings. The molecule has 3 fully saturated rings. The lowest BCUT2D eigenvalue weighted by atomic mass is 9.86. The molecule has 3 aliphatic rings. The molecule has 1 N–H and O–H groups in total. The zero-order chi connectivity index (χ0) is 11.2. The lowest BCUT2D eigenvalue weighted by Crippen LogP contribution is -2.40. The molecule has 2 aliphatic carbocycles. The lowest BCUT2D eigenvalue weighted by molar-refractivity contribution is 0.291. The monoisotopic (exact) mass is 224 g/mol. The molecule has 0 atom stereocenters. The molecular weight excluding hydrogens is 196 g/mol. The van der Waals surface area contributed by atoms with Crippen LogP contribution in [0.15, 0.2) is 0 Å². The van der Waals surface area contributed by atoms with Gasteiger partial charge in [-0.2, -0.15) is 0 Å². The molecule has 16 heavy (non-hydrogen) atoms. The van der Waals surface area contributed by atoms with Crippen LogP contribution in [0, 0.1) is 11.8 Å². The standard InChI is InChI=1S/C9H16.C5H12N2/c1-2-4-8(5-3-1)9-6-7-9;1-7-4-2-6-3-5-7/h8-9H,1-7H2;6H,2-5H2,1H3. The van der Waals surface area contributed by atoms with E-state index in [4.69, 9.17) is 0 Å². The van der Waals surface area contributed by atoms with Crippen LogP contribution >= 0.6 is 0 Å². The summed E-state index contributed by atoms with van der Waals surface area (Å²) in [7, 11) is 2.15. The van der Waals surface area contributed by atoms with Crippen LogP contribution in [-0.4, -0.2) is 38.1 Å². The van der Waals surface area contributed by atoms with Gasteiger partial charge in [-0.1, -0.05) is 32.1 Å². The third-order valence-corrected chi connectivity index (χ3v) is 4.28. The van der Waals surface area contributed by atoms with Gasteiger partial charge in [0.05, 0.1) is 0 Å². The van der Waals surface area contributed by atoms with Gasteiger partial charge in [-0.05, 0) is 31.7 Å². The van der Waals surface area contributed by atoms with Crippen LogP contribution in [-0.2, 0) is 0 Å². The van der Waals surface area contributed by atoms with Gasteiger partial charge in [0.1, 0.15) is 0 Å². The number of hydrogen-bond donors (Lipinski definition) is 1. The van der Waals surface area contributed by atoms with Gasteiger partial charge in [-0.3, -0.25) is 0 Å². The van der Waals surface area contributed by atoms with Crippen molar-refractivity contribution < 1.29 is 0 Å². The molecule has 2 saturated carbocycles. The highest BCUT2D eigenvalue weighted by molar-refractivity contribution is 4.82. The van der Waals surface area contributed by atoms with Crippen molar-refractivity contribution in [3.8, 4) is 0 Å². The Morgan fingerprint density at radius 2 is 1.38 bits per heavy atom. The van der Waals surface area contributed by atoms with Crippen molar-refractivity contribution in [1.29, 1.82) is 0 Å². The summed E-state index contributed by atoms with van der Waals surface area (Å²) in [6, 6.07) is 0. The van der Waals surface area contributed by atoms with Gasteiger partial charge in [0.25, 0.3) is 0 Å². The topological polar surface area (TPSA) is 15.3 Å². The predicted molar refractivity (Wildman–Crippen MR) is 69.7 cm³/mol. The molecule has 94 valence electrons. The Bertz CT molecular complexity index is 177. The Labute approximate surface area is 101 Å². The van der Waals surface area contributed by atoms with Crippen LogP contribution in [0.4, 0.5) is 0 Å². The van der Waals surface area contributed by atoms with E-state index in [0.29, 0.717) is 0 Å². The first kappa shape index (κ1) is 12.4. The molecule has 0 amide bonds. The van der Waals surface area contributed by atoms with Crippen molar-refractivity contribution in [2.45, 2.75) is 44.9 Å². The van der Waals surface area contributed by atoms with E-state index in [1.165, 1.54) is 44.2 Å². The van der Waals surface area contributed by atoms with Crippen LogP contribution in [0.2, 0.25) is 0 Å². The Kier molecular flexibility index (Phi) is 5.11. The van der Waals surface area contributed by atoms with Crippen LogP contribution in [0.3, 0.4) is 0 Å². The minimum atomic E-state index is 1.16. The number of likely N-dealkylation sites (N-methyl/N-ethyl adjacent to an activating group) is 1. The maximum absolute atomic E-state index is 3.27. The highest BCUT2D eigenvalue weighted by Crippen LogP contribution is 2.43. The van der Waals surface area contributed by atoms with Crippen molar-refractivity contribution in [3.05, 3.63) is 0 Å². The van der Waals surface area contributed by atoms with Gasteiger partial charge in [0.15, 0.2) is 0 Å². The summed E-state index contributed by atoms with van der Waals surface area (Å²) in [6.45, 7) is 4.74. The van der Waals surface area contributed by atoms with E-state index in [9.17, 15) is 0 Å². The lowest BCUT2D eigenvalue weighted by Gasteiger charge is -2.21. The predicted octanol–water partition coefficient (Wildman–Crippen LogP) is 2.50. The molecule has 0 unspecified atom stereocenters. The Morgan fingerprint density at radius 3 is 1.81 bits per heavy atom. The zero-order valence-corrected chi connectivity index (χ0v) is 10.9. The molecule has 0 radical (unpaired) electrons. The first-order valence-electron chi connectivity index (χ1n) is 7.25. The Balaban J connectivity index is 0.000000125. The van der Waals surface area contributed by atoms with E-state index >= 15 is 0 Å². The van der Waals surface area contributed by atoms with Crippen LogP contribution in [0.1, 0.15) is 44.9 Å². The van der Waals surface area contributed by atoms with E-state index in [1.54, 1.807) is 25.7 Å². The van der Waals surface area contributed by atoms with Gasteiger partial charge in [0, 0.05) is 26.2 Å². The third-order valence-electron chi connectivity index (χ3n) is 4.28. The molecule has 2 nitrogen and oxygen atoms in total. The fourth-order valence-corrected chi connectivity index (χ4v) is 2.95. The van der Waals surface area contributed by atoms with E-state index in [2.05, 4.69) is 17.3 Å². The fraction of sp³-hybridized carbons (Fsp3) is 1.00. The summed E-state index contributed by atoms with van der Waals surface area (Å²) >= 11 is 0. The van der Waals surface area contributed by atoms with Crippen LogP contribution in [0.5, 0.6) is 0 Å². The van der Waals surface area contributed by atoms with E-state index < -0.39 is 0 Å². The maximum atomic E-state index is 3.27. The third kappa shape index (κ3) is 4.42. The highest BCUT2D eigenvalue weighted by Gasteiger charge is 2.31. The van der Waals surface area contributed by atoms with Crippen molar-refractivity contribution >= 4 is 0 Å². The number of piperazine rings is 1. The SMILES string of the molecule is C1CCC(C2CC2)CC1.CN1CCNCC1. The molecule has 1 aliphatic heterocycles. The summed E-state index contributed by atoms with van der Waals surface area (Å²) in [5.41, 5.74) is 0. The number of nitrogens with one attached hydrogen (secondary N) is 1. The molecular formula is C14H28N2. The second kappa shape index (κ2) is 6.61. The summed E-state index contributed by atoms with van der Waals surface area (Å²) in [4.78, 5) is 2.33. The molecule has 0 spiro atoms. The molecule has 1 heterocycles. The number of nitrogens with zero attached hydrogens (tertiary/aromatic N) is 1. The largest absolute Gasteiger partial charge is 0.314 e. The first-order valence-corrected chi connectivity index (χ1v) is 7.25. The average molecular weight is 224 g/mol. The van der Waals surface area contributed by atoms with Gasteiger partial charge in [-0.15, -0.1) is 0 Å². The Morgan fingerprint density at radius 1 is 0.812 bits per heavy atom. The summed E-state index contributed by atoms with van der Waals surface area (Å²) in [5.74, 6) is 2.35. The second-order valence-corrected chi connectivity index (χ2v) is 5.79. The Hall–Kier alpha value is -0.0800. The summed E-state index contributed by atoms with van der Waals surface area (Å²) < 4.78 is 0. The van der Waals surface area contributed by atoms with Gasteiger partial charge in [0.2, 0.25) is 0 Å². The van der Waals surface area contributed by atoms with Crippen molar-refractivity contribution in [2.24, 2.45) is 11.8 Å². The van der Waals surface area contributed by atoms with Crippen molar-refractivity contribution in [1.82, 2.24) is 10.2 Å². The quantitative estimate of drug-likeness (QED) is 0.736. The summed E-state index contributed by atoms with van der Waals surface area (Å²) in [6.07, 6.45) is 10.8. The first-order chi connectivity index (χ1) is 7.86. The van der Waals surface area contributed by atoms with Gasteiger partial charge < -0.3 is 10.2 Å². The van der Waals surface area contributed by atoms with Gasteiger partial charge >= 0.3 is 0 Å². The number of hydrogen-bond acceptors (Lipinski definition) is 2. The molecule has 3 rings (SSSR count). The second-order valence-electron chi connectivity index (χ2n) is 5.79. The van der Waals surface area contributed by atoms with Crippen LogP contribution in [0.25, 0.3) is 0 Å². The number of rotatable bonds is 1. The van der Waals surface area contributed by atoms with E-state index in [1.807, 2.05) is 0 Å². The minimum absolute atomic E-state index is 1.16. The smallest absolute Gasteiger partial charge is 0.0104 e. The normalized spacial score (nSPS) is 28.3. The fourth-order valence-electron chi connectivity index (χ4n) is 2.95. The molecule has 0 bridgehead atoms. The van der Waals surface area contributed by atoms with Crippen LogP contribution < -0.4 is 5.32 Å². The maximum Gasteiger partial charge on any atom is 0.0104 e. The zero-order valence-electron chi connectivity index (χ0n) is 10.9. The van der Waals surface area contributed by atoms with E-state index in [-0.39, 0.29) is 0 Å². The minimum Gasteiger partial charge on any atom is -0.314 e. The molecule has 0 aromatic heterocycles.